The van der Waals surface area contributed by atoms with Gasteiger partial charge in [0, 0.05) is 19.1 Å². The Hall–Kier alpha value is -1.70. The molecule has 3 rings (SSSR count). The lowest BCUT2D eigenvalue weighted by Gasteiger charge is -2.32. The van der Waals surface area contributed by atoms with E-state index in [0.29, 0.717) is 25.9 Å². The molecule has 0 radical (unpaired) electrons. The maximum atomic E-state index is 12.4. The highest BCUT2D eigenvalue weighted by Gasteiger charge is 2.27. The second-order valence-electron chi connectivity index (χ2n) is 5.98. The fraction of sp³-hybridized carbons (Fsp3) is 0.353. The van der Waals surface area contributed by atoms with Gasteiger partial charge in [-0.1, -0.05) is 23.8 Å². The topological polar surface area (TPSA) is 66.5 Å². The van der Waals surface area contributed by atoms with E-state index in [1.54, 1.807) is 29.2 Å². The van der Waals surface area contributed by atoms with Crippen LogP contribution in [0.15, 0.2) is 46.7 Å². The molecule has 128 valence electrons. The zero-order valence-electron chi connectivity index (χ0n) is 13.4. The van der Waals surface area contributed by atoms with Crippen LogP contribution >= 0.6 is 11.3 Å². The minimum atomic E-state index is -3.51. The average Bonchev–Trinajstić information content (AvgIpc) is 3.09. The van der Waals surface area contributed by atoms with E-state index in [9.17, 15) is 13.2 Å². The lowest BCUT2D eigenvalue weighted by molar-refractivity contribution is 0.0716. The van der Waals surface area contributed by atoms with Gasteiger partial charge in [0.15, 0.2) is 0 Å². The Kier molecular flexibility index (Phi) is 5.03. The Morgan fingerprint density at radius 3 is 2.42 bits per heavy atom. The van der Waals surface area contributed by atoms with E-state index in [4.69, 9.17) is 0 Å². The quantitative estimate of drug-likeness (QED) is 0.907. The van der Waals surface area contributed by atoms with Crippen LogP contribution in [0.25, 0.3) is 0 Å². The van der Waals surface area contributed by atoms with Crippen molar-refractivity contribution in [3.05, 3.63) is 52.2 Å². The molecule has 0 atom stereocenters. The molecule has 5 nitrogen and oxygen atoms in total. The number of amides is 1. The molecule has 1 aromatic carbocycles. The van der Waals surface area contributed by atoms with Crippen LogP contribution < -0.4 is 4.72 Å². The standard InChI is InChI=1S/C17H20N2O3S2/c1-13-4-6-15(7-5-13)24(21,22)18-14-8-10-19(11-9-14)17(20)16-3-2-12-23-16/h2-7,12,14,18H,8-11H2,1H3. The first kappa shape index (κ1) is 17.1. The summed E-state index contributed by atoms with van der Waals surface area (Å²) < 4.78 is 27.6. The van der Waals surface area contributed by atoms with E-state index in [1.165, 1.54) is 11.3 Å². The average molecular weight is 364 g/mol. The van der Waals surface area contributed by atoms with Crippen LogP contribution in [0, 0.1) is 6.92 Å². The van der Waals surface area contributed by atoms with Crippen LogP contribution in [0.5, 0.6) is 0 Å². The Morgan fingerprint density at radius 1 is 1.17 bits per heavy atom. The van der Waals surface area contributed by atoms with Gasteiger partial charge in [0.25, 0.3) is 5.91 Å². The molecule has 1 fully saturated rings. The van der Waals surface area contributed by atoms with Crippen LogP contribution in [0.1, 0.15) is 28.1 Å². The predicted molar refractivity (Wildman–Crippen MR) is 94.7 cm³/mol. The van der Waals surface area contributed by atoms with Crippen molar-refractivity contribution in [2.75, 3.05) is 13.1 Å². The first-order valence-corrected chi connectivity index (χ1v) is 10.2. The van der Waals surface area contributed by atoms with Crippen LogP contribution in [0.4, 0.5) is 0 Å². The Labute approximate surface area is 146 Å². The van der Waals surface area contributed by atoms with Gasteiger partial charge in [0.2, 0.25) is 10.0 Å². The van der Waals surface area contributed by atoms with Crippen molar-refractivity contribution >= 4 is 27.3 Å². The van der Waals surface area contributed by atoms with E-state index in [2.05, 4.69) is 4.72 Å². The molecule has 2 aromatic rings. The summed E-state index contributed by atoms with van der Waals surface area (Å²) in [5, 5.41) is 1.88. The van der Waals surface area contributed by atoms with Crippen molar-refractivity contribution in [3.63, 3.8) is 0 Å². The number of thiophene rings is 1. The highest BCUT2D eigenvalue weighted by Crippen LogP contribution is 2.19. The van der Waals surface area contributed by atoms with E-state index < -0.39 is 10.0 Å². The van der Waals surface area contributed by atoms with Gasteiger partial charge in [0.1, 0.15) is 0 Å². The number of benzene rings is 1. The zero-order valence-corrected chi connectivity index (χ0v) is 15.1. The molecule has 0 spiro atoms. The molecule has 0 saturated carbocycles. The summed E-state index contributed by atoms with van der Waals surface area (Å²) in [6.45, 7) is 3.06. The summed E-state index contributed by atoms with van der Waals surface area (Å²) in [5.74, 6) is 0.0323. The molecule has 0 bridgehead atoms. The van der Waals surface area contributed by atoms with Crippen LogP contribution in [0.2, 0.25) is 0 Å². The minimum Gasteiger partial charge on any atom is -0.338 e. The van der Waals surface area contributed by atoms with Crippen molar-refractivity contribution in [3.8, 4) is 0 Å². The lowest BCUT2D eigenvalue weighted by atomic mass is 10.1. The molecule has 0 aliphatic carbocycles. The van der Waals surface area contributed by atoms with Gasteiger partial charge in [-0.2, -0.15) is 0 Å². The van der Waals surface area contributed by atoms with Crippen molar-refractivity contribution in [1.29, 1.82) is 0 Å². The number of piperidine rings is 1. The Bertz CT molecular complexity index is 791. The Morgan fingerprint density at radius 2 is 1.83 bits per heavy atom. The first-order chi connectivity index (χ1) is 11.5. The third-order valence-electron chi connectivity index (χ3n) is 4.17. The van der Waals surface area contributed by atoms with Gasteiger partial charge >= 0.3 is 0 Å². The van der Waals surface area contributed by atoms with Gasteiger partial charge in [0.05, 0.1) is 9.77 Å². The molecular weight excluding hydrogens is 344 g/mol. The molecule has 1 aliphatic heterocycles. The number of sulfonamides is 1. The third-order valence-corrected chi connectivity index (χ3v) is 6.56. The summed E-state index contributed by atoms with van der Waals surface area (Å²) in [5.41, 5.74) is 1.02. The summed E-state index contributed by atoms with van der Waals surface area (Å²) in [7, 11) is -3.51. The van der Waals surface area contributed by atoms with Crippen molar-refractivity contribution < 1.29 is 13.2 Å². The number of hydrogen-bond acceptors (Lipinski definition) is 4. The van der Waals surface area contributed by atoms with Crippen LogP contribution in [0.3, 0.4) is 0 Å². The second kappa shape index (κ2) is 7.04. The number of nitrogens with zero attached hydrogens (tertiary/aromatic N) is 1. The van der Waals surface area contributed by atoms with E-state index in [0.717, 1.165) is 10.4 Å². The van der Waals surface area contributed by atoms with E-state index >= 15 is 0 Å². The fourth-order valence-corrected chi connectivity index (χ4v) is 4.76. The van der Waals surface area contributed by atoms with Gasteiger partial charge in [-0.3, -0.25) is 4.79 Å². The summed E-state index contributed by atoms with van der Waals surface area (Å²) in [4.78, 5) is 15.1. The van der Waals surface area contributed by atoms with E-state index in [1.807, 2.05) is 24.4 Å². The van der Waals surface area contributed by atoms with Crippen molar-refractivity contribution in [2.45, 2.75) is 30.7 Å². The SMILES string of the molecule is Cc1ccc(S(=O)(=O)NC2CCN(C(=O)c3cccs3)CC2)cc1. The van der Waals surface area contributed by atoms with Gasteiger partial charge in [-0.15, -0.1) is 11.3 Å². The number of nitrogens with one attached hydrogen (secondary N) is 1. The largest absolute Gasteiger partial charge is 0.338 e. The summed E-state index contributed by atoms with van der Waals surface area (Å²) in [6, 6.07) is 10.4. The molecule has 1 saturated heterocycles. The summed E-state index contributed by atoms with van der Waals surface area (Å²) in [6.07, 6.45) is 1.25. The van der Waals surface area contributed by atoms with Crippen LogP contribution in [-0.2, 0) is 10.0 Å². The molecule has 7 heteroatoms. The maximum Gasteiger partial charge on any atom is 0.263 e. The number of rotatable bonds is 4. The highest BCUT2D eigenvalue weighted by molar-refractivity contribution is 7.89. The maximum absolute atomic E-state index is 12.4. The van der Waals surface area contributed by atoms with Crippen molar-refractivity contribution in [1.82, 2.24) is 9.62 Å². The highest BCUT2D eigenvalue weighted by atomic mass is 32.2. The number of carbonyl (C=O) groups excluding carboxylic acids is 1. The zero-order chi connectivity index (χ0) is 17.2. The smallest absolute Gasteiger partial charge is 0.263 e. The number of likely N-dealkylation sites (tertiary alicyclic amines) is 1. The molecule has 1 N–H and O–H groups in total. The summed E-state index contributed by atoms with van der Waals surface area (Å²) >= 11 is 1.43. The van der Waals surface area contributed by atoms with Gasteiger partial charge in [-0.25, -0.2) is 13.1 Å². The molecule has 24 heavy (non-hydrogen) atoms. The van der Waals surface area contributed by atoms with Gasteiger partial charge in [-0.05, 0) is 43.3 Å². The number of carbonyl (C=O) groups is 1. The minimum absolute atomic E-state index is 0.0323. The Balaban J connectivity index is 1.59. The molecular formula is C17H20N2O3S2. The van der Waals surface area contributed by atoms with Crippen molar-refractivity contribution in [2.24, 2.45) is 0 Å². The normalized spacial score (nSPS) is 16.3. The number of hydrogen-bond donors (Lipinski definition) is 1. The van der Waals surface area contributed by atoms with E-state index in [-0.39, 0.29) is 16.8 Å². The molecule has 0 unspecified atom stereocenters. The van der Waals surface area contributed by atoms with Gasteiger partial charge < -0.3 is 4.90 Å². The monoisotopic (exact) mass is 364 g/mol. The first-order valence-electron chi connectivity index (χ1n) is 7.87. The third kappa shape index (κ3) is 3.85. The molecule has 1 amide bonds. The number of aryl methyl sites for hydroxylation is 1. The second-order valence-corrected chi connectivity index (χ2v) is 8.64. The van der Waals surface area contributed by atoms with Crippen LogP contribution in [-0.4, -0.2) is 38.4 Å². The molecule has 1 aliphatic rings. The predicted octanol–water partition coefficient (Wildman–Crippen LogP) is 2.64. The lowest BCUT2D eigenvalue weighted by Crippen LogP contribution is -2.46. The fourth-order valence-electron chi connectivity index (χ4n) is 2.76. The molecule has 2 heterocycles. The molecule has 1 aromatic heterocycles.